The molecule has 6 nitrogen and oxygen atoms in total. The Morgan fingerprint density at radius 2 is 1.39 bits per heavy atom. The molecule has 0 amide bonds. The van der Waals surface area contributed by atoms with Crippen molar-refractivity contribution in [3.05, 3.63) is 82.9 Å². The molecule has 0 aliphatic carbocycles. The number of carboxylic acid groups (broad SMARTS) is 2. The Labute approximate surface area is 169 Å². The number of carboxylic acids is 2. The summed E-state index contributed by atoms with van der Waals surface area (Å²) in [6, 6.07) is 19.3. The predicted octanol–water partition coefficient (Wildman–Crippen LogP) is 3.05. The van der Waals surface area contributed by atoms with Crippen molar-refractivity contribution in [2.24, 2.45) is 0 Å². The number of rotatable bonds is 5. The lowest BCUT2D eigenvalue weighted by Gasteiger charge is -2.35. The molecule has 0 saturated carbocycles. The summed E-state index contributed by atoms with van der Waals surface area (Å²) in [6.45, 7) is 4.25. The van der Waals surface area contributed by atoms with E-state index in [0.717, 1.165) is 31.2 Å². The fourth-order valence-electron chi connectivity index (χ4n) is 2.98. The number of benzene rings is 2. The first kappa shape index (κ1) is 21.6. The van der Waals surface area contributed by atoms with Crippen molar-refractivity contribution in [2.75, 3.05) is 26.2 Å². The zero-order valence-corrected chi connectivity index (χ0v) is 16.0. The van der Waals surface area contributed by atoms with Crippen LogP contribution < -0.4 is 5.32 Å². The van der Waals surface area contributed by atoms with Gasteiger partial charge < -0.3 is 15.5 Å². The van der Waals surface area contributed by atoms with Gasteiger partial charge in [0.1, 0.15) is 0 Å². The van der Waals surface area contributed by atoms with Crippen LogP contribution in [0.25, 0.3) is 0 Å². The first-order valence-corrected chi connectivity index (χ1v) is 9.24. The highest BCUT2D eigenvalue weighted by molar-refractivity contribution is 6.30. The zero-order valence-electron chi connectivity index (χ0n) is 15.3. The molecular formula is C21H23ClN2O4. The van der Waals surface area contributed by atoms with Gasteiger partial charge in [0, 0.05) is 43.4 Å². The average molecular weight is 403 g/mol. The second-order valence-corrected chi connectivity index (χ2v) is 6.60. The molecule has 28 heavy (non-hydrogen) atoms. The van der Waals surface area contributed by atoms with E-state index in [9.17, 15) is 9.59 Å². The molecule has 1 aliphatic heterocycles. The largest absolute Gasteiger partial charge is 0.478 e. The van der Waals surface area contributed by atoms with E-state index in [1.54, 1.807) is 0 Å². The maximum atomic E-state index is 9.55. The van der Waals surface area contributed by atoms with E-state index in [2.05, 4.69) is 52.7 Å². The van der Waals surface area contributed by atoms with Crippen molar-refractivity contribution < 1.29 is 19.8 Å². The van der Waals surface area contributed by atoms with Gasteiger partial charge in [-0.15, -0.1) is 0 Å². The average Bonchev–Trinajstić information content (AvgIpc) is 2.70. The van der Waals surface area contributed by atoms with Gasteiger partial charge in [0.15, 0.2) is 0 Å². The number of piperazine rings is 1. The van der Waals surface area contributed by atoms with Crippen molar-refractivity contribution in [1.29, 1.82) is 0 Å². The van der Waals surface area contributed by atoms with Gasteiger partial charge in [0.25, 0.3) is 0 Å². The van der Waals surface area contributed by atoms with Gasteiger partial charge >= 0.3 is 11.9 Å². The Morgan fingerprint density at radius 1 is 0.893 bits per heavy atom. The van der Waals surface area contributed by atoms with Crippen LogP contribution in [0, 0.1) is 0 Å². The molecule has 1 atom stereocenters. The van der Waals surface area contributed by atoms with Crippen LogP contribution in [0.5, 0.6) is 0 Å². The molecule has 0 spiro atoms. The molecule has 1 aliphatic rings. The number of nitrogens with one attached hydrogen (secondary N) is 1. The molecule has 3 N–H and O–H groups in total. The summed E-state index contributed by atoms with van der Waals surface area (Å²) < 4.78 is 0. The molecule has 0 aromatic heterocycles. The van der Waals surface area contributed by atoms with E-state index in [0.29, 0.717) is 18.2 Å². The smallest absolute Gasteiger partial charge is 0.328 e. The summed E-state index contributed by atoms with van der Waals surface area (Å²) in [5.41, 5.74) is 2.65. The fourth-order valence-corrected chi connectivity index (χ4v) is 3.10. The van der Waals surface area contributed by atoms with Gasteiger partial charge in [-0.2, -0.15) is 0 Å². The summed E-state index contributed by atoms with van der Waals surface area (Å²) in [5.74, 6) is -2.51. The monoisotopic (exact) mass is 402 g/mol. The van der Waals surface area contributed by atoms with Gasteiger partial charge in [0.05, 0.1) is 6.04 Å². The highest BCUT2D eigenvalue weighted by Gasteiger charge is 2.23. The number of nitrogens with zero attached hydrogens (tertiary/aromatic N) is 1. The quantitative estimate of drug-likeness (QED) is 0.666. The van der Waals surface area contributed by atoms with Gasteiger partial charge in [0.2, 0.25) is 0 Å². The number of hydrogen-bond donors (Lipinski definition) is 3. The third-order valence-corrected chi connectivity index (χ3v) is 4.44. The second-order valence-electron chi connectivity index (χ2n) is 6.16. The van der Waals surface area contributed by atoms with Crippen molar-refractivity contribution >= 4 is 23.5 Å². The SMILES string of the molecule is Clc1ccc(C(c2ccccc2)N2CCNCC2)cc1.O=C(O)C=CC(=O)O. The molecular weight excluding hydrogens is 380 g/mol. The molecule has 0 radical (unpaired) electrons. The molecule has 2 aromatic carbocycles. The lowest BCUT2D eigenvalue weighted by atomic mass is 9.96. The number of hydrogen-bond acceptors (Lipinski definition) is 4. The predicted molar refractivity (Wildman–Crippen MR) is 109 cm³/mol. The van der Waals surface area contributed by atoms with Crippen molar-refractivity contribution in [1.82, 2.24) is 10.2 Å². The van der Waals surface area contributed by atoms with E-state index in [1.165, 1.54) is 11.1 Å². The minimum atomic E-state index is -1.26. The number of halogens is 1. The lowest BCUT2D eigenvalue weighted by Crippen LogP contribution is -2.45. The molecule has 1 saturated heterocycles. The van der Waals surface area contributed by atoms with E-state index in [1.807, 2.05) is 12.1 Å². The molecule has 0 bridgehead atoms. The van der Waals surface area contributed by atoms with Crippen molar-refractivity contribution in [3.8, 4) is 0 Å². The highest BCUT2D eigenvalue weighted by Crippen LogP contribution is 2.29. The van der Waals surface area contributed by atoms with E-state index in [-0.39, 0.29) is 0 Å². The molecule has 2 aromatic rings. The second kappa shape index (κ2) is 11.2. The van der Waals surface area contributed by atoms with Gasteiger partial charge in [-0.05, 0) is 23.3 Å². The zero-order chi connectivity index (χ0) is 20.4. The van der Waals surface area contributed by atoms with Crippen LogP contribution in [0.4, 0.5) is 0 Å². The van der Waals surface area contributed by atoms with E-state index >= 15 is 0 Å². The van der Waals surface area contributed by atoms with Gasteiger partial charge in [-0.25, -0.2) is 9.59 Å². The van der Waals surface area contributed by atoms with E-state index < -0.39 is 11.9 Å². The Hall–Kier alpha value is -2.67. The number of carbonyl (C=O) groups is 2. The van der Waals surface area contributed by atoms with Crippen LogP contribution in [0.1, 0.15) is 17.2 Å². The maximum Gasteiger partial charge on any atom is 0.328 e. The summed E-state index contributed by atoms with van der Waals surface area (Å²) in [7, 11) is 0. The molecule has 1 heterocycles. The molecule has 7 heteroatoms. The summed E-state index contributed by atoms with van der Waals surface area (Å²) in [5, 5.41) is 19.8. The first-order valence-electron chi connectivity index (χ1n) is 8.86. The Morgan fingerprint density at radius 3 is 1.89 bits per heavy atom. The maximum absolute atomic E-state index is 9.55. The lowest BCUT2D eigenvalue weighted by molar-refractivity contribution is -0.134. The molecule has 148 valence electrons. The summed E-state index contributed by atoms with van der Waals surface area (Å²) in [4.78, 5) is 21.6. The minimum absolute atomic E-state index is 0.315. The van der Waals surface area contributed by atoms with Crippen LogP contribution in [0.15, 0.2) is 66.7 Å². The molecule has 1 fully saturated rings. The highest BCUT2D eigenvalue weighted by atomic mass is 35.5. The van der Waals surface area contributed by atoms with Crippen LogP contribution in [0.3, 0.4) is 0 Å². The molecule has 1 unspecified atom stereocenters. The Kier molecular flexibility index (Phi) is 8.68. The van der Waals surface area contributed by atoms with Crippen molar-refractivity contribution in [2.45, 2.75) is 6.04 Å². The normalized spacial score (nSPS) is 15.5. The van der Waals surface area contributed by atoms with Crippen LogP contribution in [-0.2, 0) is 9.59 Å². The fraction of sp³-hybridized carbons (Fsp3) is 0.238. The van der Waals surface area contributed by atoms with Gasteiger partial charge in [-0.3, -0.25) is 4.90 Å². The first-order chi connectivity index (χ1) is 13.5. The van der Waals surface area contributed by atoms with Crippen molar-refractivity contribution in [3.63, 3.8) is 0 Å². The standard InChI is InChI=1S/C17H19ClN2.C4H4O4/c18-16-8-6-15(7-9-16)17(14-4-2-1-3-5-14)20-12-10-19-11-13-20;5-3(6)1-2-4(7)8/h1-9,17,19H,10-13H2;1-2H,(H,5,6)(H,7,8). The van der Waals surface area contributed by atoms with Gasteiger partial charge in [-0.1, -0.05) is 54.1 Å². The summed E-state index contributed by atoms with van der Waals surface area (Å²) >= 11 is 6.02. The van der Waals surface area contributed by atoms with Crippen LogP contribution in [0.2, 0.25) is 5.02 Å². The number of aliphatic carboxylic acids is 2. The third-order valence-electron chi connectivity index (χ3n) is 4.19. The van der Waals surface area contributed by atoms with Crippen LogP contribution in [-0.4, -0.2) is 53.2 Å². The molecule has 3 rings (SSSR count). The minimum Gasteiger partial charge on any atom is -0.478 e. The topological polar surface area (TPSA) is 89.9 Å². The Bertz CT molecular complexity index is 772. The third kappa shape index (κ3) is 7.15. The summed E-state index contributed by atoms with van der Waals surface area (Å²) in [6.07, 6.45) is 1.12. The van der Waals surface area contributed by atoms with E-state index in [4.69, 9.17) is 21.8 Å². The Balaban J connectivity index is 0.000000300. The van der Waals surface area contributed by atoms with Crippen LogP contribution >= 0.6 is 11.6 Å².